The predicted octanol–water partition coefficient (Wildman–Crippen LogP) is 2.03. The molecule has 1 amide bonds. The van der Waals surface area contributed by atoms with E-state index in [-0.39, 0.29) is 17.7 Å². The fourth-order valence-electron chi connectivity index (χ4n) is 3.34. The molecule has 0 aliphatic carbocycles. The lowest BCUT2D eigenvalue weighted by Crippen LogP contribution is -2.29. The van der Waals surface area contributed by atoms with E-state index in [4.69, 9.17) is 0 Å². The summed E-state index contributed by atoms with van der Waals surface area (Å²) in [6.45, 7) is 0.226. The Bertz CT molecular complexity index is 905. The van der Waals surface area contributed by atoms with Gasteiger partial charge in [-0.05, 0) is 0 Å². The number of carbonyl (C=O) groups excluding carboxylic acids is 1. The van der Waals surface area contributed by atoms with Crippen LogP contribution in [-0.2, 0) is 7.05 Å². The molecular weight excluding hydrogens is 335 g/mol. The standard InChI is InChI=1S/C18H19FN6O/c1-24-10-15(20-11-24)18(26)25-8-13(7-19)14(9-25)17-21-16(22-23-17)12-5-3-2-4-6-12/h2-6,10-11,13-14H,7-9H2,1H3,(H,21,22,23)/t13-,14-/m1/s1. The number of nitrogens with one attached hydrogen (secondary N) is 1. The first-order valence-corrected chi connectivity index (χ1v) is 8.46. The summed E-state index contributed by atoms with van der Waals surface area (Å²) in [6.07, 6.45) is 3.25. The molecule has 8 heteroatoms. The van der Waals surface area contributed by atoms with Gasteiger partial charge in [0.05, 0.1) is 13.0 Å². The fraction of sp³-hybridized carbons (Fsp3) is 0.333. The second kappa shape index (κ2) is 6.70. The van der Waals surface area contributed by atoms with Crippen LogP contribution in [0.1, 0.15) is 22.2 Å². The number of imidazole rings is 1. The first-order valence-electron chi connectivity index (χ1n) is 8.46. The Morgan fingerprint density at radius 1 is 1.31 bits per heavy atom. The number of benzene rings is 1. The average Bonchev–Trinajstić information content (AvgIpc) is 3.40. The highest BCUT2D eigenvalue weighted by Crippen LogP contribution is 2.32. The Morgan fingerprint density at radius 3 is 2.81 bits per heavy atom. The molecular formula is C18H19FN6O. The van der Waals surface area contributed by atoms with Crippen LogP contribution < -0.4 is 0 Å². The Kier molecular flexibility index (Phi) is 4.24. The van der Waals surface area contributed by atoms with Crippen molar-refractivity contribution < 1.29 is 9.18 Å². The number of hydrogen-bond donors (Lipinski definition) is 1. The van der Waals surface area contributed by atoms with Crippen molar-refractivity contribution in [3.05, 3.63) is 54.4 Å². The summed E-state index contributed by atoms with van der Waals surface area (Å²) in [5.74, 6) is 0.488. The highest BCUT2D eigenvalue weighted by Gasteiger charge is 2.39. The van der Waals surface area contributed by atoms with Gasteiger partial charge < -0.3 is 9.47 Å². The molecule has 1 aromatic carbocycles. The largest absolute Gasteiger partial charge is 0.340 e. The molecule has 3 heterocycles. The van der Waals surface area contributed by atoms with E-state index in [9.17, 15) is 9.18 Å². The van der Waals surface area contributed by atoms with Crippen LogP contribution in [0.15, 0.2) is 42.9 Å². The molecule has 1 N–H and O–H groups in total. The maximum absolute atomic E-state index is 13.6. The molecule has 0 radical (unpaired) electrons. The first kappa shape index (κ1) is 16.4. The molecule has 1 aliphatic heterocycles. The van der Waals surface area contributed by atoms with Crippen molar-refractivity contribution in [2.45, 2.75) is 5.92 Å². The minimum Gasteiger partial charge on any atom is -0.340 e. The van der Waals surface area contributed by atoms with E-state index in [1.54, 1.807) is 29.0 Å². The maximum atomic E-state index is 13.6. The molecule has 0 saturated carbocycles. The number of carbonyl (C=O) groups is 1. The number of hydrogen-bond acceptors (Lipinski definition) is 4. The van der Waals surface area contributed by atoms with Crippen LogP contribution in [0.5, 0.6) is 0 Å². The lowest BCUT2D eigenvalue weighted by atomic mass is 9.97. The van der Waals surface area contributed by atoms with Crippen LogP contribution in [-0.4, -0.2) is 55.3 Å². The topological polar surface area (TPSA) is 79.7 Å². The molecule has 0 spiro atoms. The number of halogens is 1. The summed E-state index contributed by atoms with van der Waals surface area (Å²) in [7, 11) is 1.81. The second-order valence-corrected chi connectivity index (χ2v) is 6.57. The summed E-state index contributed by atoms with van der Waals surface area (Å²) in [6, 6.07) is 9.60. The summed E-state index contributed by atoms with van der Waals surface area (Å²) < 4.78 is 15.3. The third-order valence-corrected chi connectivity index (χ3v) is 4.74. The van der Waals surface area contributed by atoms with Gasteiger partial charge in [-0.2, -0.15) is 5.10 Å². The average molecular weight is 354 g/mol. The van der Waals surface area contributed by atoms with Crippen molar-refractivity contribution in [3.8, 4) is 11.4 Å². The van der Waals surface area contributed by atoms with Gasteiger partial charge in [-0.25, -0.2) is 9.97 Å². The Hall–Kier alpha value is -3.03. The van der Waals surface area contributed by atoms with Gasteiger partial charge in [0.1, 0.15) is 11.5 Å². The number of nitrogens with zero attached hydrogens (tertiary/aromatic N) is 5. The summed E-state index contributed by atoms with van der Waals surface area (Å²) >= 11 is 0. The minimum atomic E-state index is -0.516. The number of aryl methyl sites for hydroxylation is 1. The van der Waals surface area contributed by atoms with Gasteiger partial charge in [0.15, 0.2) is 5.82 Å². The third-order valence-electron chi connectivity index (χ3n) is 4.74. The van der Waals surface area contributed by atoms with Gasteiger partial charge in [-0.15, -0.1) is 0 Å². The van der Waals surface area contributed by atoms with Crippen LogP contribution in [0.2, 0.25) is 0 Å². The van der Waals surface area contributed by atoms with Crippen molar-refractivity contribution >= 4 is 5.91 Å². The van der Waals surface area contributed by atoms with Crippen molar-refractivity contribution in [3.63, 3.8) is 0 Å². The van der Waals surface area contributed by atoms with E-state index in [0.29, 0.717) is 30.4 Å². The fourth-order valence-corrected chi connectivity index (χ4v) is 3.34. The van der Waals surface area contributed by atoms with Gasteiger partial charge in [-0.3, -0.25) is 14.3 Å². The van der Waals surface area contributed by atoms with Crippen molar-refractivity contribution in [1.29, 1.82) is 0 Å². The molecule has 1 fully saturated rings. The van der Waals surface area contributed by atoms with E-state index in [1.165, 1.54) is 0 Å². The monoisotopic (exact) mass is 354 g/mol. The van der Waals surface area contributed by atoms with Gasteiger partial charge >= 0.3 is 0 Å². The van der Waals surface area contributed by atoms with Crippen molar-refractivity contribution in [1.82, 2.24) is 29.6 Å². The molecule has 1 aliphatic rings. The van der Waals surface area contributed by atoms with E-state index >= 15 is 0 Å². The Morgan fingerprint density at radius 2 is 2.12 bits per heavy atom. The zero-order valence-corrected chi connectivity index (χ0v) is 14.3. The number of aromatic nitrogens is 5. The normalized spacial score (nSPS) is 19.8. The van der Waals surface area contributed by atoms with E-state index in [1.807, 2.05) is 30.3 Å². The van der Waals surface area contributed by atoms with Gasteiger partial charge in [0.25, 0.3) is 5.91 Å². The molecule has 4 rings (SSSR count). The number of H-pyrrole nitrogens is 1. The first-order chi connectivity index (χ1) is 12.7. The minimum absolute atomic E-state index is 0.186. The van der Waals surface area contributed by atoms with E-state index in [2.05, 4.69) is 20.2 Å². The molecule has 3 aromatic rings. The summed E-state index contributed by atoms with van der Waals surface area (Å²) in [5, 5.41) is 7.18. The van der Waals surface area contributed by atoms with Crippen LogP contribution in [0, 0.1) is 5.92 Å². The van der Waals surface area contributed by atoms with Gasteiger partial charge in [0, 0.05) is 43.7 Å². The molecule has 7 nitrogen and oxygen atoms in total. The summed E-state index contributed by atoms with van der Waals surface area (Å²) in [5.41, 5.74) is 1.26. The highest BCUT2D eigenvalue weighted by molar-refractivity contribution is 5.92. The quantitative estimate of drug-likeness (QED) is 0.777. The second-order valence-electron chi connectivity index (χ2n) is 6.57. The number of aromatic amines is 1. The van der Waals surface area contributed by atoms with Crippen molar-refractivity contribution in [2.75, 3.05) is 19.8 Å². The molecule has 0 bridgehead atoms. The predicted molar refractivity (Wildman–Crippen MR) is 93.1 cm³/mol. The number of amides is 1. The van der Waals surface area contributed by atoms with Crippen LogP contribution in [0.25, 0.3) is 11.4 Å². The lowest BCUT2D eigenvalue weighted by Gasteiger charge is -2.14. The Labute approximate surface area is 149 Å². The highest BCUT2D eigenvalue weighted by atomic mass is 19.1. The van der Waals surface area contributed by atoms with E-state index < -0.39 is 6.67 Å². The van der Waals surface area contributed by atoms with Crippen molar-refractivity contribution in [2.24, 2.45) is 13.0 Å². The lowest BCUT2D eigenvalue weighted by molar-refractivity contribution is 0.0779. The molecule has 2 atom stereocenters. The molecule has 0 unspecified atom stereocenters. The molecule has 26 heavy (non-hydrogen) atoms. The number of rotatable bonds is 4. The number of alkyl halides is 1. The third kappa shape index (κ3) is 2.98. The zero-order chi connectivity index (χ0) is 18.1. The van der Waals surface area contributed by atoms with Gasteiger partial charge in [0.2, 0.25) is 0 Å². The molecule has 2 aromatic heterocycles. The van der Waals surface area contributed by atoms with Gasteiger partial charge in [-0.1, -0.05) is 30.3 Å². The summed E-state index contributed by atoms with van der Waals surface area (Å²) in [4.78, 5) is 22.9. The molecule has 1 saturated heterocycles. The van der Waals surface area contributed by atoms with Crippen LogP contribution in [0.4, 0.5) is 4.39 Å². The number of likely N-dealkylation sites (tertiary alicyclic amines) is 1. The molecule has 134 valence electrons. The smallest absolute Gasteiger partial charge is 0.274 e. The Balaban J connectivity index is 1.55. The van der Waals surface area contributed by atoms with Crippen LogP contribution in [0.3, 0.4) is 0 Å². The maximum Gasteiger partial charge on any atom is 0.274 e. The van der Waals surface area contributed by atoms with E-state index in [0.717, 1.165) is 5.56 Å². The SMILES string of the molecule is Cn1cnc(C(=O)N2C[C@@H](CF)[C@H](c3nc(-c4ccccc4)n[nH]3)C2)c1. The zero-order valence-electron chi connectivity index (χ0n) is 14.3. The van der Waals surface area contributed by atoms with Crippen LogP contribution >= 0.6 is 0 Å².